The van der Waals surface area contributed by atoms with Crippen LogP contribution in [-0.4, -0.2) is 35.7 Å². The first-order valence-corrected chi connectivity index (χ1v) is 16.5. The van der Waals surface area contributed by atoms with Crippen LogP contribution in [0.4, 0.5) is 0 Å². The number of imidazole rings is 1. The Balaban J connectivity index is 1.31. The van der Waals surface area contributed by atoms with Gasteiger partial charge in [-0.1, -0.05) is 43.2 Å². The van der Waals surface area contributed by atoms with Crippen molar-refractivity contribution >= 4 is 21.5 Å². The molecule has 3 aromatic carbocycles. The molecule has 0 bridgehead atoms. The number of sulfone groups is 1. The molecule has 2 aliphatic carbocycles. The summed E-state index contributed by atoms with van der Waals surface area (Å²) in [6.07, 6.45) is 10.7. The molecular formula is C34H35N3O5S. The molecule has 1 saturated carbocycles. The van der Waals surface area contributed by atoms with Gasteiger partial charge in [-0.05, 0) is 73.2 Å². The minimum Gasteiger partial charge on any atom is -0.484 e. The van der Waals surface area contributed by atoms with Gasteiger partial charge in [-0.2, -0.15) is 0 Å². The highest BCUT2D eigenvalue weighted by molar-refractivity contribution is 7.90. The molecule has 0 radical (unpaired) electrons. The quantitative estimate of drug-likeness (QED) is 0.245. The van der Waals surface area contributed by atoms with Crippen molar-refractivity contribution in [3.8, 4) is 5.75 Å². The lowest BCUT2D eigenvalue weighted by atomic mass is 9.87. The first kappa shape index (κ1) is 28.9. The second-order valence-electron chi connectivity index (χ2n) is 11.4. The fraction of sp³-hybridized carbons (Fsp3) is 0.324. The van der Waals surface area contributed by atoms with Gasteiger partial charge >= 0.3 is 0 Å². The van der Waals surface area contributed by atoms with Crippen molar-refractivity contribution in [2.45, 2.75) is 74.3 Å². The number of amides is 1. The Labute approximate surface area is 252 Å². The summed E-state index contributed by atoms with van der Waals surface area (Å²) in [5, 5.41) is 3.04. The second kappa shape index (κ2) is 12.6. The summed E-state index contributed by atoms with van der Waals surface area (Å²) < 4.78 is 36.2. The fourth-order valence-corrected chi connectivity index (χ4v) is 7.51. The van der Waals surface area contributed by atoms with Crippen molar-refractivity contribution in [3.63, 3.8) is 0 Å². The monoisotopic (exact) mass is 597 g/mol. The lowest BCUT2D eigenvalue weighted by molar-refractivity contribution is 0.0936. The van der Waals surface area contributed by atoms with Crippen molar-refractivity contribution in [2.24, 2.45) is 0 Å². The number of fused-ring (bicyclic) bond motifs is 1. The Morgan fingerprint density at radius 1 is 0.977 bits per heavy atom. The molecule has 2 aliphatic rings. The van der Waals surface area contributed by atoms with Crippen LogP contribution in [0.3, 0.4) is 0 Å². The van der Waals surface area contributed by atoms with Crippen molar-refractivity contribution in [2.75, 3.05) is 0 Å². The molecule has 9 heteroatoms. The summed E-state index contributed by atoms with van der Waals surface area (Å²) in [4.78, 5) is 29.8. The van der Waals surface area contributed by atoms with Crippen molar-refractivity contribution < 1.29 is 22.7 Å². The lowest BCUT2D eigenvalue weighted by Crippen LogP contribution is -2.32. The van der Waals surface area contributed by atoms with Crippen LogP contribution in [0.15, 0.2) is 90.3 Å². The summed E-state index contributed by atoms with van der Waals surface area (Å²) in [5.74, 6) is -0.0495. The number of carbonyl (C=O) groups excluding carboxylic acids is 2. The van der Waals surface area contributed by atoms with Gasteiger partial charge in [-0.25, -0.2) is 13.4 Å². The Morgan fingerprint density at radius 2 is 1.74 bits per heavy atom. The summed E-state index contributed by atoms with van der Waals surface area (Å²) in [6.45, 7) is 0.469. The Morgan fingerprint density at radius 3 is 2.47 bits per heavy atom. The average Bonchev–Trinajstić information content (AvgIpc) is 3.73. The Bertz CT molecular complexity index is 1690. The van der Waals surface area contributed by atoms with Gasteiger partial charge in [-0.3, -0.25) is 9.59 Å². The molecular weight excluding hydrogens is 562 g/mol. The maximum atomic E-state index is 13.8. The number of hydrogen-bond acceptors (Lipinski definition) is 6. The highest BCUT2D eigenvalue weighted by Gasteiger charge is 2.28. The number of ether oxygens (including phenoxy) is 1. The molecule has 1 amide bonds. The summed E-state index contributed by atoms with van der Waals surface area (Å²) >= 11 is 0. The SMILES string of the molecule is O=C(NC1CCCC1)c1ccc(S(=O)(=O)Cc2c(OC(Cn3ccnc3)c3ccccc3)ccc3c2CCCC3=O)cc1. The van der Waals surface area contributed by atoms with E-state index in [2.05, 4.69) is 10.3 Å². The van der Waals surface area contributed by atoms with Crippen LogP contribution in [0.2, 0.25) is 0 Å². The van der Waals surface area contributed by atoms with Gasteiger partial charge in [0.15, 0.2) is 15.6 Å². The summed E-state index contributed by atoms with van der Waals surface area (Å²) in [7, 11) is -3.84. The maximum absolute atomic E-state index is 13.8. The topological polar surface area (TPSA) is 107 Å². The number of benzene rings is 3. The van der Waals surface area contributed by atoms with Gasteiger partial charge in [0.25, 0.3) is 5.91 Å². The van der Waals surface area contributed by atoms with Crippen LogP contribution in [-0.2, 0) is 28.6 Å². The number of Topliss-reactive ketones (excluding diaryl/α,β-unsaturated/α-hetero) is 1. The van der Waals surface area contributed by atoms with Gasteiger partial charge < -0.3 is 14.6 Å². The van der Waals surface area contributed by atoms with Gasteiger partial charge in [0, 0.05) is 41.5 Å². The standard InChI is InChI=1S/C34H35N3O5S/c38-31-12-6-11-28-29(31)17-18-32(42-33(21-37-20-19-35-23-37)24-7-2-1-3-8-24)30(28)22-43(40,41)27-15-13-25(14-16-27)34(39)36-26-9-4-5-10-26/h1-3,7-8,13-20,23,26,33H,4-6,9-12,21-22H2,(H,36,39). The molecule has 4 aromatic rings. The van der Waals surface area contributed by atoms with Crippen LogP contribution in [0.1, 0.15) is 82.0 Å². The molecule has 0 spiro atoms. The molecule has 1 N–H and O–H groups in total. The van der Waals surface area contributed by atoms with Gasteiger partial charge in [0.1, 0.15) is 11.9 Å². The molecule has 1 unspecified atom stereocenters. The van der Waals surface area contributed by atoms with Gasteiger partial charge in [0.2, 0.25) is 0 Å². The van der Waals surface area contributed by atoms with E-state index in [9.17, 15) is 18.0 Å². The van der Waals surface area contributed by atoms with E-state index in [-0.39, 0.29) is 28.4 Å². The first-order valence-electron chi connectivity index (χ1n) is 14.9. The van der Waals surface area contributed by atoms with E-state index in [1.165, 1.54) is 12.1 Å². The van der Waals surface area contributed by atoms with Crippen molar-refractivity contribution in [3.05, 3.63) is 113 Å². The molecule has 0 saturated heterocycles. The normalized spacial score (nSPS) is 16.0. The average molecular weight is 598 g/mol. The largest absolute Gasteiger partial charge is 0.484 e. The van der Waals surface area contributed by atoms with Gasteiger partial charge in [-0.15, -0.1) is 0 Å². The third-order valence-electron chi connectivity index (χ3n) is 8.40. The molecule has 222 valence electrons. The highest BCUT2D eigenvalue weighted by Crippen LogP contribution is 2.36. The van der Waals surface area contributed by atoms with E-state index >= 15 is 0 Å². The molecule has 43 heavy (non-hydrogen) atoms. The Kier molecular flexibility index (Phi) is 8.42. The predicted octanol–water partition coefficient (Wildman–Crippen LogP) is 5.87. The van der Waals surface area contributed by atoms with E-state index in [1.807, 2.05) is 41.1 Å². The highest BCUT2D eigenvalue weighted by atomic mass is 32.2. The maximum Gasteiger partial charge on any atom is 0.251 e. The lowest BCUT2D eigenvalue weighted by Gasteiger charge is -2.25. The van der Waals surface area contributed by atoms with E-state index in [0.717, 1.165) is 36.8 Å². The number of ketones is 1. The minimum absolute atomic E-state index is 0.0158. The second-order valence-corrected chi connectivity index (χ2v) is 13.3. The van der Waals surface area contributed by atoms with E-state index in [4.69, 9.17) is 4.74 Å². The fourth-order valence-electron chi connectivity index (χ4n) is 6.09. The number of aromatic nitrogens is 2. The van der Waals surface area contributed by atoms with Crippen LogP contribution >= 0.6 is 0 Å². The zero-order valence-electron chi connectivity index (χ0n) is 23.9. The number of rotatable bonds is 10. The van der Waals surface area contributed by atoms with Crippen LogP contribution in [0.5, 0.6) is 5.75 Å². The van der Waals surface area contributed by atoms with Crippen LogP contribution in [0, 0.1) is 0 Å². The third-order valence-corrected chi connectivity index (χ3v) is 10.1. The number of nitrogens with zero attached hydrogens (tertiary/aromatic N) is 2. The molecule has 1 aromatic heterocycles. The number of carbonyl (C=O) groups is 2. The van der Waals surface area contributed by atoms with Crippen LogP contribution < -0.4 is 10.1 Å². The smallest absolute Gasteiger partial charge is 0.251 e. The molecule has 1 heterocycles. The first-order chi connectivity index (χ1) is 20.9. The summed E-state index contributed by atoms with van der Waals surface area (Å²) in [6, 6.07) is 19.5. The molecule has 1 fully saturated rings. The van der Waals surface area contributed by atoms with Crippen molar-refractivity contribution in [1.82, 2.24) is 14.9 Å². The molecule has 6 rings (SSSR count). The van der Waals surface area contributed by atoms with Gasteiger partial charge in [0.05, 0.1) is 23.5 Å². The minimum atomic E-state index is -3.84. The molecule has 0 aliphatic heterocycles. The van der Waals surface area contributed by atoms with E-state index in [0.29, 0.717) is 48.2 Å². The summed E-state index contributed by atoms with van der Waals surface area (Å²) in [5.41, 5.74) is 3.18. The zero-order valence-corrected chi connectivity index (χ0v) is 24.8. The van der Waals surface area contributed by atoms with Crippen molar-refractivity contribution in [1.29, 1.82) is 0 Å². The zero-order chi connectivity index (χ0) is 29.8. The van der Waals surface area contributed by atoms with E-state index in [1.54, 1.807) is 36.8 Å². The predicted molar refractivity (Wildman–Crippen MR) is 163 cm³/mol. The van der Waals surface area contributed by atoms with Crippen LogP contribution in [0.25, 0.3) is 0 Å². The Hall–Kier alpha value is -4.24. The molecule has 8 nitrogen and oxygen atoms in total. The molecule has 1 atom stereocenters. The third kappa shape index (κ3) is 6.57. The van der Waals surface area contributed by atoms with E-state index < -0.39 is 15.9 Å². The number of nitrogens with one attached hydrogen (secondary N) is 1. The number of hydrogen-bond donors (Lipinski definition) is 1.